The van der Waals surface area contributed by atoms with Gasteiger partial charge in [-0.05, 0) is 12.0 Å². The van der Waals surface area contributed by atoms with E-state index < -0.39 is 0 Å². The monoisotopic (exact) mass is 118 g/mol. The van der Waals surface area contributed by atoms with Crippen molar-refractivity contribution in [2.24, 2.45) is 0 Å². The predicted octanol–water partition coefficient (Wildman–Crippen LogP) is 2.61. The molecule has 0 spiro atoms. The van der Waals surface area contributed by atoms with Gasteiger partial charge in [-0.3, -0.25) is 0 Å². The Balaban J connectivity index is 2.47. The predicted molar refractivity (Wildman–Crippen MR) is 41.2 cm³/mol. The molecule has 1 aliphatic rings. The lowest BCUT2D eigenvalue weighted by Gasteiger charge is -1.85. The fourth-order valence-corrected chi connectivity index (χ4v) is 0.779. The Bertz CT molecular complexity index is 180. The first-order chi connectivity index (χ1) is 4.43. The third-order valence-electron chi connectivity index (χ3n) is 1.25. The second-order valence-electron chi connectivity index (χ2n) is 1.97. The van der Waals surface area contributed by atoms with Gasteiger partial charge < -0.3 is 0 Å². The van der Waals surface area contributed by atoms with Gasteiger partial charge in [0.05, 0.1) is 0 Å². The molecule has 0 aliphatic heterocycles. The van der Waals surface area contributed by atoms with E-state index in [0.717, 1.165) is 6.42 Å². The Labute approximate surface area is 55.9 Å². The topological polar surface area (TPSA) is 0 Å². The summed E-state index contributed by atoms with van der Waals surface area (Å²) >= 11 is 0. The first-order valence-electron chi connectivity index (χ1n) is 3.08. The maximum atomic E-state index is 3.59. The SMILES string of the molecule is C=C/C=C\C1=CC=CC1. The van der Waals surface area contributed by atoms with Crippen LogP contribution in [0.15, 0.2) is 48.6 Å². The zero-order valence-electron chi connectivity index (χ0n) is 5.38. The number of hydrogen-bond acceptors (Lipinski definition) is 0. The number of allylic oxidation sites excluding steroid dienone is 7. The summed E-state index contributed by atoms with van der Waals surface area (Å²) < 4.78 is 0. The van der Waals surface area contributed by atoms with Gasteiger partial charge in [-0.1, -0.05) is 43.0 Å². The van der Waals surface area contributed by atoms with Crippen LogP contribution in [0.2, 0.25) is 0 Å². The van der Waals surface area contributed by atoms with Crippen LogP contribution in [0.3, 0.4) is 0 Å². The van der Waals surface area contributed by atoms with Crippen LogP contribution in [0.5, 0.6) is 0 Å². The van der Waals surface area contributed by atoms with Crippen LogP contribution in [-0.4, -0.2) is 0 Å². The van der Waals surface area contributed by atoms with Gasteiger partial charge in [0.25, 0.3) is 0 Å². The van der Waals surface area contributed by atoms with Crippen LogP contribution < -0.4 is 0 Å². The molecule has 0 aromatic carbocycles. The molecule has 0 heterocycles. The summed E-state index contributed by atoms with van der Waals surface area (Å²) in [6, 6.07) is 0. The zero-order chi connectivity index (χ0) is 6.53. The quantitative estimate of drug-likeness (QED) is 0.489. The van der Waals surface area contributed by atoms with E-state index in [9.17, 15) is 0 Å². The molecule has 9 heavy (non-hydrogen) atoms. The summed E-state index contributed by atoms with van der Waals surface area (Å²) in [5.74, 6) is 0. The minimum atomic E-state index is 1.07. The molecule has 0 atom stereocenters. The molecule has 0 fully saturated rings. The average Bonchev–Trinajstić information content (AvgIpc) is 2.34. The van der Waals surface area contributed by atoms with Gasteiger partial charge in [0, 0.05) is 0 Å². The van der Waals surface area contributed by atoms with E-state index in [1.54, 1.807) is 6.08 Å². The summed E-state index contributed by atoms with van der Waals surface area (Å²) in [5.41, 5.74) is 1.36. The summed E-state index contributed by atoms with van der Waals surface area (Å²) in [7, 11) is 0. The van der Waals surface area contributed by atoms with E-state index in [2.05, 4.69) is 30.9 Å². The molecule has 0 aromatic heterocycles. The Kier molecular flexibility index (Phi) is 2.08. The largest absolute Gasteiger partial charge is 0.0991 e. The second kappa shape index (κ2) is 3.08. The van der Waals surface area contributed by atoms with Crippen molar-refractivity contribution in [1.29, 1.82) is 0 Å². The Morgan fingerprint density at radius 3 is 3.00 bits per heavy atom. The van der Waals surface area contributed by atoms with Crippen molar-refractivity contribution in [1.82, 2.24) is 0 Å². The minimum absolute atomic E-state index is 1.07. The average molecular weight is 118 g/mol. The van der Waals surface area contributed by atoms with Gasteiger partial charge >= 0.3 is 0 Å². The standard InChI is InChI=1S/C9H10/c1-2-3-6-9-7-4-5-8-9/h2-7H,1,8H2/b6-3-. The first kappa shape index (κ1) is 6.09. The van der Waals surface area contributed by atoms with E-state index in [4.69, 9.17) is 0 Å². The van der Waals surface area contributed by atoms with Crippen molar-refractivity contribution in [3.8, 4) is 0 Å². The normalized spacial score (nSPS) is 16.7. The molecule has 1 rings (SSSR count). The fraction of sp³-hybridized carbons (Fsp3) is 0.111. The summed E-state index contributed by atoms with van der Waals surface area (Å²) in [5, 5.41) is 0. The molecule has 46 valence electrons. The molecular weight excluding hydrogens is 108 g/mol. The molecule has 0 saturated carbocycles. The highest BCUT2D eigenvalue weighted by molar-refractivity contribution is 5.32. The highest BCUT2D eigenvalue weighted by atomic mass is 14.0. The minimum Gasteiger partial charge on any atom is -0.0991 e. The smallest absolute Gasteiger partial charge is 0.00943 e. The third kappa shape index (κ3) is 1.73. The van der Waals surface area contributed by atoms with Crippen LogP contribution in [0.25, 0.3) is 0 Å². The van der Waals surface area contributed by atoms with Gasteiger partial charge in [0.1, 0.15) is 0 Å². The van der Waals surface area contributed by atoms with Gasteiger partial charge in [-0.2, -0.15) is 0 Å². The fourth-order valence-electron chi connectivity index (χ4n) is 0.779. The molecular formula is C9H10. The lowest BCUT2D eigenvalue weighted by molar-refractivity contribution is 1.33. The summed E-state index contributed by atoms with van der Waals surface area (Å²) in [6.45, 7) is 3.59. The molecule has 0 heteroatoms. The van der Waals surface area contributed by atoms with Crippen LogP contribution in [0, 0.1) is 0 Å². The first-order valence-corrected chi connectivity index (χ1v) is 3.08. The zero-order valence-corrected chi connectivity index (χ0v) is 5.38. The van der Waals surface area contributed by atoms with Crippen LogP contribution in [-0.2, 0) is 0 Å². The molecule has 1 aliphatic carbocycles. The maximum absolute atomic E-state index is 3.59. The second-order valence-corrected chi connectivity index (χ2v) is 1.97. The maximum Gasteiger partial charge on any atom is -0.00943 e. The van der Waals surface area contributed by atoms with Crippen molar-refractivity contribution >= 4 is 0 Å². The van der Waals surface area contributed by atoms with Crippen molar-refractivity contribution in [2.75, 3.05) is 0 Å². The van der Waals surface area contributed by atoms with Gasteiger partial charge in [0.15, 0.2) is 0 Å². The van der Waals surface area contributed by atoms with Crippen LogP contribution in [0.4, 0.5) is 0 Å². The molecule has 0 aromatic rings. The van der Waals surface area contributed by atoms with E-state index in [0.29, 0.717) is 0 Å². The lowest BCUT2D eigenvalue weighted by Crippen LogP contribution is -1.65. The van der Waals surface area contributed by atoms with Crippen molar-refractivity contribution in [3.63, 3.8) is 0 Å². The van der Waals surface area contributed by atoms with E-state index >= 15 is 0 Å². The Morgan fingerprint density at radius 1 is 1.56 bits per heavy atom. The van der Waals surface area contributed by atoms with Crippen molar-refractivity contribution in [3.05, 3.63) is 48.6 Å². The van der Waals surface area contributed by atoms with Gasteiger partial charge in [-0.25, -0.2) is 0 Å². The van der Waals surface area contributed by atoms with E-state index in [-0.39, 0.29) is 0 Å². The third-order valence-corrected chi connectivity index (χ3v) is 1.25. The highest BCUT2D eigenvalue weighted by Gasteiger charge is 1.90. The van der Waals surface area contributed by atoms with Gasteiger partial charge in [0.2, 0.25) is 0 Å². The highest BCUT2D eigenvalue weighted by Crippen LogP contribution is 2.10. The van der Waals surface area contributed by atoms with Crippen LogP contribution in [0.1, 0.15) is 6.42 Å². The molecule has 0 bridgehead atoms. The van der Waals surface area contributed by atoms with E-state index in [1.165, 1.54) is 5.57 Å². The Morgan fingerprint density at radius 2 is 2.44 bits per heavy atom. The van der Waals surface area contributed by atoms with Gasteiger partial charge in [-0.15, -0.1) is 0 Å². The lowest BCUT2D eigenvalue weighted by atomic mass is 10.2. The molecule has 0 nitrogen and oxygen atoms in total. The molecule has 0 amide bonds. The summed E-state index contributed by atoms with van der Waals surface area (Å²) in [4.78, 5) is 0. The molecule has 0 N–H and O–H groups in total. The number of rotatable bonds is 2. The molecule has 0 radical (unpaired) electrons. The number of hydrogen-bond donors (Lipinski definition) is 0. The van der Waals surface area contributed by atoms with Crippen molar-refractivity contribution in [2.45, 2.75) is 6.42 Å². The Hall–Kier alpha value is -1.04. The van der Waals surface area contributed by atoms with Crippen molar-refractivity contribution < 1.29 is 0 Å². The summed E-state index contributed by atoms with van der Waals surface area (Å²) in [6.07, 6.45) is 13.2. The molecule has 0 unspecified atom stereocenters. The molecule has 0 saturated heterocycles. The van der Waals surface area contributed by atoms with E-state index in [1.807, 2.05) is 6.08 Å². The van der Waals surface area contributed by atoms with Crippen LogP contribution >= 0.6 is 0 Å².